The molecule has 0 amide bonds. The van der Waals surface area contributed by atoms with Gasteiger partial charge in [-0.05, 0) is 29.7 Å². The maximum atomic E-state index is 4.71. The average Bonchev–Trinajstić information content (AvgIpc) is 3.49. The third kappa shape index (κ3) is 2.75. The van der Waals surface area contributed by atoms with Crippen LogP contribution in [0.15, 0.2) is 121 Å². The van der Waals surface area contributed by atoms with E-state index in [1.54, 1.807) is 0 Å². The van der Waals surface area contributed by atoms with E-state index in [0.29, 0.717) is 0 Å². The SMILES string of the molecule is c1ccc(-c2cc(-n3c4ccccc4c4ccc5ccc6c7ccccc7sc6c5c43)ccn2)cc1. The first kappa shape index (κ1) is 19.8. The summed E-state index contributed by atoms with van der Waals surface area (Å²) in [5.74, 6) is 0. The fourth-order valence-electron chi connectivity index (χ4n) is 5.63. The smallest absolute Gasteiger partial charge is 0.0722 e. The molecule has 3 heterocycles. The Morgan fingerprint density at radius 2 is 1.36 bits per heavy atom. The fraction of sp³-hybridized carbons (Fsp3) is 0. The molecule has 0 unspecified atom stereocenters. The van der Waals surface area contributed by atoms with Crippen LogP contribution in [0, 0.1) is 0 Å². The summed E-state index contributed by atoms with van der Waals surface area (Å²) < 4.78 is 5.11. The number of benzene rings is 5. The van der Waals surface area contributed by atoms with Crippen molar-refractivity contribution in [3.05, 3.63) is 121 Å². The molecule has 0 aliphatic rings. The summed E-state index contributed by atoms with van der Waals surface area (Å²) in [5, 5.41) is 7.79. The van der Waals surface area contributed by atoms with Crippen molar-refractivity contribution in [2.24, 2.45) is 0 Å². The summed E-state index contributed by atoms with van der Waals surface area (Å²) in [7, 11) is 0. The lowest BCUT2D eigenvalue weighted by Crippen LogP contribution is -1.96. The molecule has 0 N–H and O–H groups in total. The van der Waals surface area contributed by atoms with Crippen molar-refractivity contribution in [1.29, 1.82) is 0 Å². The Labute approximate surface area is 211 Å². The molecule has 0 fully saturated rings. The minimum atomic E-state index is 0.978. The number of fused-ring (bicyclic) bond motifs is 9. The summed E-state index contributed by atoms with van der Waals surface area (Å²) in [5.41, 5.74) is 5.70. The van der Waals surface area contributed by atoms with Crippen LogP contribution >= 0.6 is 11.3 Å². The first-order chi connectivity index (χ1) is 17.9. The standard InChI is InChI=1S/C33H20N2S/c1-2-8-21(9-3-1)28-20-23(18-19-34-28)35-29-12-6-4-10-24(29)26-16-14-22-15-17-27-25-11-5-7-13-30(25)36-33(27)31(22)32(26)35/h1-20H. The number of rotatable bonds is 2. The van der Waals surface area contributed by atoms with Gasteiger partial charge in [-0.1, -0.05) is 91.0 Å². The zero-order valence-electron chi connectivity index (χ0n) is 19.3. The van der Waals surface area contributed by atoms with Gasteiger partial charge in [-0.25, -0.2) is 0 Å². The predicted molar refractivity (Wildman–Crippen MR) is 154 cm³/mol. The molecule has 0 saturated heterocycles. The molecule has 3 aromatic heterocycles. The Morgan fingerprint density at radius 3 is 2.25 bits per heavy atom. The van der Waals surface area contributed by atoms with E-state index in [0.717, 1.165) is 16.9 Å². The van der Waals surface area contributed by atoms with Gasteiger partial charge in [0, 0.05) is 53.8 Å². The van der Waals surface area contributed by atoms with Gasteiger partial charge in [0.25, 0.3) is 0 Å². The van der Waals surface area contributed by atoms with Crippen LogP contribution in [-0.2, 0) is 0 Å². The molecule has 0 saturated carbocycles. The molecule has 0 aliphatic heterocycles. The fourth-order valence-corrected chi connectivity index (χ4v) is 6.89. The second-order valence-electron chi connectivity index (χ2n) is 9.22. The highest BCUT2D eigenvalue weighted by atomic mass is 32.1. The molecule has 168 valence electrons. The van der Waals surface area contributed by atoms with Crippen molar-refractivity contribution in [2.75, 3.05) is 0 Å². The average molecular weight is 477 g/mol. The Kier molecular flexibility index (Phi) is 4.13. The van der Waals surface area contributed by atoms with Gasteiger partial charge in [-0.15, -0.1) is 11.3 Å². The van der Waals surface area contributed by atoms with Gasteiger partial charge < -0.3 is 4.57 Å². The Bertz CT molecular complexity index is 2090. The summed E-state index contributed by atoms with van der Waals surface area (Å²) in [6.07, 6.45) is 1.93. The minimum Gasteiger partial charge on any atom is -0.308 e. The summed E-state index contributed by atoms with van der Waals surface area (Å²) in [6, 6.07) is 41.4. The molecule has 0 bridgehead atoms. The normalized spacial score (nSPS) is 11.9. The van der Waals surface area contributed by atoms with E-state index in [1.165, 1.54) is 52.8 Å². The molecule has 0 atom stereocenters. The van der Waals surface area contributed by atoms with Gasteiger partial charge in [-0.3, -0.25) is 4.98 Å². The predicted octanol–water partition coefficient (Wildman–Crippen LogP) is 9.37. The van der Waals surface area contributed by atoms with Crippen LogP contribution in [0.25, 0.3) is 69.7 Å². The Morgan fingerprint density at radius 1 is 0.611 bits per heavy atom. The van der Waals surface area contributed by atoms with Crippen molar-refractivity contribution in [2.45, 2.75) is 0 Å². The molecular weight excluding hydrogens is 456 g/mol. The van der Waals surface area contributed by atoms with Crippen LogP contribution in [-0.4, -0.2) is 9.55 Å². The molecule has 0 aliphatic carbocycles. The van der Waals surface area contributed by atoms with Crippen LogP contribution in [0.4, 0.5) is 0 Å². The number of aromatic nitrogens is 2. The van der Waals surface area contributed by atoms with Gasteiger partial charge in [0.1, 0.15) is 0 Å². The molecule has 5 aromatic carbocycles. The van der Waals surface area contributed by atoms with Gasteiger partial charge in [0.15, 0.2) is 0 Å². The highest BCUT2D eigenvalue weighted by Crippen LogP contribution is 2.44. The van der Waals surface area contributed by atoms with Gasteiger partial charge in [0.05, 0.1) is 16.7 Å². The summed E-state index contributed by atoms with van der Waals surface area (Å²) >= 11 is 1.89. The maximum Gasteiger partial charge on any atom is 0.0722 e. The quantitative estimate of drug-likeness (QED) is 0.243. The number of nitrogens with zero attached hydrogens (tertiary/aromatic N) is 2. The van der Waals surface area contributed by atoms with Crippen LogP contribution in [0.3, 0.4) is 0 Å². The van der Waals surface area contributed by atoms with E-state index in [-0.39, 0.29) is 0 Å². The zero-order valence-corrected chi connectivity index (χ0v) is 20.2. The number of hydrogen-bond acceptors (Lipinski definition) is 2. The zero-order chi connectivity index (χ0) is 23.6. The van der Waals surface area contributed by atoms with Gasteiger partial charge >= 0.3 is 0 Å². The van der Waals surface area contributed by atoms with E-state index in [2.05, 4.69) is 114 Å². The Hall–Kier alpha value is -4.47. The first-order valence-corrected chi connectivity index (χ1v) is 13.0. The number of para-hydroxylation sites is 1. The summed E-state index contributed by atoms with van der Waals surface area (Å²) in [6.45, 7) is 0. The van der Waals surface area contributed by atoms with Crippen molar-refractivity contribution in [3.8, 4) is 16.9 Å². The van der Waals surface area contributed by atoms with Gasteiger partial charge in [0.2, 0.25) is 0 Å². The van der Waals surface area contributed by atoms with Crippen molar-refractivity contribution in [3.63, 3.8) is 0 Å². The van der Waals surface area contributed by atoms with E-state index >= 15 is 0 Å². The topological polar surface area (TPSA) is 17.8 Å². The molecule has 2 nitrogen and oxygen atoms in total. The van der Waals surface area contributed by atoms with E-state index < -0.39 is 0 Å². The van der Waals surface area contributed by atoms with Crippen molar-refractivity contribution in [1.82, 2.24) is 9.55 Å². The molecule has 36 heavy (non-hydrogen) atoms. The monoisotopic (exact) mass is 476 g/mol. The molecular formula is C33H20N2S. The highest BCUT2D eigenvalue weighted by Gasteiger charge is 2.18. The molecule has 3 heteroatoms. The lowest BCUT2D eigenvalue weighted by atomic mass is 10.0. The maximum absolute atomic E-state index is 4.71. The van der Waals surface area contributed by atoms with Crippen LogP contribution in [0.2, 0.25) is 0 Å². The molecule has 8 rings (SSSR count). The third-order valence-electron chi connectivity index (χ3n) is 7.23. The number of hydrogen-bond donors (Lipinski definition) is 0. The second-order valence-corrected chi connectivity index (χ2v) is 10.3. The van der Waals surface area contributed by atoms with E-state index in [1.807, 2.05) is 23.6 Å². The number of thiophene rings is 1. The lowest BCUT2D eigenvalue weighted by molar-refractivity contribution is 1.16. The molecule has 8 aromatic rings. The van der Waals surface area contributed by atoms with Crippen LogP contribution in [0.1, 0.15) is 0 Å². The lowest BCUT2D eigenvalue weighted by Gasteiger charge is -2.12. The van der Waals surface area contributed by atoms with Crippen molar-refractivity contribution < 1.29 is 0 Å². The van der Waals surface area contributed by atoms with E-state index in [9.17, 15) is 0 Å². The Balaban J connectivity index is 1.56. The number of pyridine rings is 1. The first-order valence-electron chi connectivity index (χ1n) is 12.1. The van der Waals surface area contributed by atoms with Crippen molar-refractivity contribution >= 4 is 64.1 Å². The summed E-state index contributed by atoms with van der Waals surface area (Å²) in [4.78, 5) is 4.71. The van der Waals surface area contributed by atoms with Crippen LogP contribution in [0.5, 0.6) is 0 Å². The minimum absolute atomic E-state index is 0.978. The van der Waals surface area contributed by atoms with Crippen LogP contribution < -0.4 is 0 Å². The molecule has 0 radical (unpaired) electrons. The van der Waals surface area contributed by atoms with Gasteiger partial charge in [-0.2, -0.15) is 0 Å². The highest BCUT2D eigenvalue weighted by molar-refractivity contribution is 7.26. The largest absolute Gasteiger partial charge is 0.308 e. The third-order valence-corrected chi connectivity index (χ3v) is 8.43. The van der Waals surface area contributed by atoms with E-state index in [4.69, 9.17) is 4.98 Å². The second kappa shape index (κ2) is 7.51. The molecule has 0 spiro atoms.